The Kier molecular flexibility index (Phi) is 8.82. The highest BCUT2D eigenvalue weighted by Gasteiger charge is 2.23. The van der Waals surface area contributed by atoms with Gasteiger partial charge in [-0.1, -0.05) is 69.5 Å². The van der Waals surface area contributed by atoms with E-state index in [1.165, 1.54) is 55.2 Å². The highest BCUT2D eigenvalue weighted by molar-refractivity contribution is 5.40. The third-order valence-electron chi connectivity index (χ3n) is 6.80. The molecule has 2 fully saturated rings. The molecular formula is C29H40O4. The summed E-state index contributed by atoms with van der Waals surface area (Å²) >= 11 is 0. The van der Waals surface area contributed by atoms with E-state index < -0.39 is 0 Å². The molecule has 180 valence electrons. The highest BCUT2D eigenvalue weighted by atomic mass is 16.6. The zero-order valence-corrected chi connectivity index (χ0v) is 20.4. The molecule has 0 amide bonds. The van der Waals surface area contributed by atoms with E-state index >= 15 is 0 Å². The molecule has 2 saturated heterocycles. The fourth-order valence-corrected chi connectivity index (χ4v) is 4.24. The molecule has 2 aliphatic rings. The number of rotatable bonds is 16. The predicted octanol–water partition coefficient (Wildman–Crippen LogP) is 6.09. The monoisotopic (exact) mass is 452 g/mol. The fourth-order valence-electron chi connectivity index (χ4n) is 4.24. The first kappa shape index (κ1) is 24.3. The fraction of sp³-hybridized carbons (Fsp3) is 0.586. The summed E-state index contributed by atoms with van der Waals surface area (Å²) in [6, 6.07) is 17.8. The Morgan fingerprint density at radius 2 is 1.39 bits per heavy atom. The summed E-state index contributed by atoms with van der Waals surface area (Å²) in [5.74, 6) is 0.917. The van der Waals surface area contributed by atoms with Gasteiger partial charge in [0, 0.05) is 18.4 Å². The van der Waals surface area contributed by atoms with Crippen LogP contribution < -0.4 is 4.74 Å². The van der Waals surface area contributed by atoms with E-state index in [0.29, 0.717) is 25.4 Å². The largest absolute Gasteiger partial charge is 0.494 e. The maximum Gasteiger partial charge on any atom is 0.119 e. The van der Waals surface area contributed by atoms with Gasteiger partial charge in [-0.15, -0.1) is 0 Å². The predicted molar refractivity (Wildman–Crippen MR) is 132 cm³/mol. The van der Waals surface area contributed by atoms with Crippen molar-refractivity contribution in [3.63, 3.8) is 0 Å². The second-order valence-corrected chi connectivity index (χ2v) is 9.99. The molecule has 2 heterocycles. The van der Waals surface area contributed by atoms with Gasteiger partial charge < -0.3 is 18.9 Å². The van der Waals surface area contributed by atoms with Crippen LogP contribution in [0.25, 0.3) is 0 Å². The Balaban J connectivity index is 1.17. The first-order valence-corrected chi connectivity index (χ1v) is 12.7. The summed E-state index contributed by atoms with van der Waals surface area (Å²) in [6.45, 7) is 8.53. The lowest BCUT2D eigenvalue weighted by Crippen LogP contribution is -2.18. The minimum atomic E-state index is -0.0410. The van der Waals surface area contributed by atoms with Crippen molar-refractivity contribution < 1.29 is 18.9 Å². The standard InChI is InChI=1S/C29H40O4/c1-29(2,24-12-10-23(11-13-24)8-5-3-4-6-9-27-21-32-27)25-14-16-26(17-15-25)31-19-7-18-30-20-28-22-33-28/h10-17,27-28H,3-9,18-22H2,1-2H3. The van der Waals surface area contributed by atoms with Crippen LogP contribution in [0.1, 0.15) is 69.1 Å². The Bertz CT molecular complexity index is 750. The summed E-state index contributed by atoms with van der Waals surface area (Å²) in [5, 5.41) is 0. The van der Waals surface area contributed by atoms with Gasteiger partial charge in [-0.25, -0.2) is 0 Å². The van der Waals surface area contributed by atoms with Crippen molar-refractivity contribution in [2.75, 3.05) is 33.0 Å². The number of hydrogen-bond donors (Lipinski definition) is 0. The molecule has 4 rings (SSSR count). The second kappa shape index (κ2) is 12.0. The molecule has 2 aromatic carbocycles. The van der Waals surface area contributed by atoms with E-state index in [-0.39, 0.29) is 5.41 Å². The third kappa shape index (κ3) is 8.13. The molecule has 4 heteroatoms. The van der Waals surface area contributed by atoms with E-state index in [4.69, 9.17) is 18.9 Å². The van der Waals surface area contributed by atoms with Crippen LogP contribution in [-0.2, 0) is 26.0 Å². The van der Waals surface area contributed by atoms with E-state index in [1.807, 2.05) is 0 Å². The van der Waals surface area contributed by atoms with E-state index in [9.17, 15) is 0 Å². The van der Waals surface area contributed by atoms with Crippen LogP contribution in [0.5, 0.6) is 5.75 Å². The topological polar surface area (TPSA) is 43.5 Å². The minimum absolute atomic E-state index is 0.0410. The zero-order valence-electron chi connectivity index (χ0n) is 20.4. The van der Waals surface area contributed by atoms with Crippen LogP contribution in [0.4, 0.5) is 0 Å². The summed E-state index contributed by atoms with van der Waals surface area (Å²) in [5.41, 5.74) is 4.05. The average molecular weight is 453 g/mol. The number of ether oxygens (including phenoxy) is 4. The van der Waals surface area contributed by atoms with Gasteiger partial charge in [-0.05, 0) is 48.1 Å². The van der Waals surface area contributed by atoms with Gasteiger partial charge in [0.25, 0.3) is 0 Å². The summed E-state index contributed by atoms with van der Waals surface area (Å²) in [7, 11) is 0. The number of unbranched alkanes of at least 4 members (excludes halogenated alkanes) is 3. The number of benzene rings is 2. The first-order valence-electron chi connectivity index (χ1n) is 12.7. The summed E-state index contributed by atoms with van der Waals surface area (Å²) in [4.78, 5) is 0. The van der Waals surface area contributed by atoms with Gasteiger partial charge in [0.05, 0.1) is 32.5 Å². The maximum absolute atomic E-state index is 5.88. The zero-order chi connectivity index (χ0) is 22.9. The summed E-state index contributed by atoms with van der Waals surface area (Å²) < 4.78 is 21.8. The molecular weight excluding hydrogens is 412 g/mol. The number of hydrogen-bond acceptors (Lipinski definition) is 4. The van der Waals surface area contributed by atoms with Crippen molar-refractivity contribution in [3.8, 4) is 5.75 Å². The highest BCUT2D eigenvalue weighted by Crippen LogP contribution is 2.32. The molecule has 2 aliphatic heterocycles. The van der Waals surface area contributed by atoms with Crippen LogP contribution in [-0.4, -0.2) is 45.2 Å². The van der Waals surface area contributed by atoms with Crippen molar-refractivity contribution in [3.05, 3.63) is 65.2 Å². The molecule has 0 spiro atoms. The number of epoxide rings is 2. The second-order valence-electron chi connectivity index (χ2n) is 9.99. The summed E-state index contributed by atoms with van der Waals surface area (Å²) in [6.07, 6.45) is 9.47. The van der Waals surface area contributed by atoms with Crippen molar-refractivity contribution >= 4 is 0 Å². The van der Waals surface area contributed by atoms with Crippen molar-refractivity contribution in [1.29, 1.82) is 0 Å². The SMILES string of the molecule is CC(C)(c1ccc(CCCCCCC2CO2)cc1)c1ccc(OCCCOCC2CO2)cc1. The Morgan fingerprint density at radius 1 is 0.758 bits per heavy atom. The van der Waals surface area contributed by atoms with Gasteiger partial charge >= 0.3 is 0 Å². The van der Waals surface area contributed by atoms with Gasteiger partial charge in [0.1, 0.15) is 11.9 Å². The molecule has 0 bridgehead atoms. The van der Waals surface area contributed by atoms with Crippen molar-refractivity contribution in [1.82, 2.24) is 0 Å². The molecule has 0 aromatic heterocycles. The average Bonchev–Trinajstić information content (AvgIpc) is 3.75. The lowest BCUT2D eigenvalue weighted by atomic mass is 9.78. The Morgan fingerprint density at radius 3 is 2.06 bits per heavy atom. The maximum atomic E-state index is 5.88. The molecule has 4 nitrogen and oxygen atoms in total. The van der Waals surface area contributed by atoms with Crippen LogP contribution in [0.2, 0.25) is 0 Å². The van der Waals surface area contributed by atoms with Gasteiger partial charge in [0.2, 0.25) is 0 Å². The van der Waals surface area contributed by atoms with Gasteiger partial charge in [0.15, 0.2) is 0 Å². The minimum Gasteiger partial charge on any atom is -0.494 e. The molecule has 2 unspecified atom stereocenters. The smallest absolute Gasteiger partial charge is 0.119 e. The van der Waals surface area contributed by atoms with Crippen molar-refractivity contribution in [2.45, 2.75) is 76.4 Å². The van der Waals surface area contributed by atoms with Crippen molar-refractivity contribution in [2.24, 2.45) is 0 Å². The molecule has 33 heavy (non-hydrogen) atoms. The molecule has 2 aromatic rings. The Hall–Kier alpha value is -1.88. The van der Waals surface area contributed by atoms with Crippen LogP contribution in [0, 0.1) is 0 Å². The third-order valence-corrected chi connectivity index (χ3v) is 6.80. The molecule has 0 aliphatic carbocycles. The lowest BCUT2D eigenvalue weighted by Gasteiger charge is -2.26. The Labute approximate surface area is 199 Å². The van der Waals surface area contributed by atoms with Crippen LogP contribution >= 0.6 is 0 Å². The molecule has 0 N–H and O–H groups in total. The van der Waals surface area contributed by atoms with Gasteiger partial charge in [-0.3, -0.25) is 0 Å². The van der Waals surface area contributed by atoms with E-state index in [0.717, 1.165) is 32.0 Å². The first-order chi connectivity index (χ1) is 16.1. The van der Waals surface area contributed by atoms with E-state index in [2.05, 4.69) is 62.4 Å². The van der Waals surface area contributed by atoms with Crippen LogP contribution in [0.3, 0.4) is 0 Å². The number of aryl methyl sites for hydroxylation is 1. The van der Waals surface area contributed by atoms with E-state index in [1.54, 1.807) is 0 Å². The van der Waals surface area contributed by atoms with Gasteiger partial charge in [-0.2, -0.15) is 0 Å². The molecule has 2 atom stereocenters. The quantitative estimate of drug-likeness (QED) is 0.228. The normalized spacial score (nSPS) is 19.5. The molecule has 0 radical (unpaired) electrons. The molecule has 0 saturated carbocycles. The lowest BCUT2D eigenvalue weighted by molar-refractivity contribution is 0.104. The van der Waals surface area contributed by atoms with Crippen LogP contribution in [0.15, 0.2) is 48.5 Å².